The molecule has 0 aliphatic rings. The molecule has 2 rings (SSSR count). The third-order valence-corrected chi connectivity index (χ3v) is 2.56. The second-order valence-corrected chi connectivity index (χ2v) is 3.44. The minimum absolute atomic E-state index is 0.630. The summed E-state index contributed by atoms with van der Waals surface area (Å²) in [5, 5.41) is 10.8. The molecule has 0 amide bonds. The standard InChI is InChI=1S/C10H6N2S/c11-7-8-3-1-5-12-10(8)9-4-2-6-13-9/h1-6H. The van der Waals surface area contributed by atoms with Crippen LogP contribution >= 0.6 is 11.3 Å². The van der Waals surface area contributed by atoms with Crippen molar-refractivity contribution in [3.8, 4) is 16.6 Å². The Morgan fingerprint density at radius 2 is 2.23 bits per heavy atom. The summed E-state index contributed by atoms with van der Waals surface area (Å²) in [7, 11) is 0. The van der Waals surface area contributed by atoms with Crippen LogP contribution in [0.3, 0.4) is 0 Å². The number of hydrogen-bond acceptors (Lipinski definition) is 3. The maximum absolute atomic E-state index is 8.83. The number of nitrogens with zero attached hydrogens (tertiary/aromatic N) is 2. The molecule has 2 heterocycles. The molecule has 0 aliphatic carbocycles. The first-order chi connectivity index (χ1) is 6.42. The first kappa shape index (κ1) is 7.96. The van der Waals surface area contributed by atoms with Crippen LogP contribution in [-0.4, -0.2) is 4.98 Å². The van der Waals surface area contributed by atoms with E-state index in [9.17, 15) is 0 Å². The van der Waals surface area contributed by atoms with E-state index >= 15 is 0 Å². The SMILES string of the molecule is N#Cc1cccnc1-c1cccs1. The van der Waals surface area contributed by atoms with E-state index in [0.717, 1.165) is 10.6 Å². The van der Waals surface area contributed by atoms with Crippen LogP contribution in [0.25, 0.3) is 10.6 Å². The van der Waals surface area contributed by atoms with Crippen molar-refractivity contribution in [2.24, 2.45) is 0 Å². The normalized spacial score (nSPS) is 9.46. The predicted molar refractivity (Wildman–Crippen MR) is 52.3 cm³/mol. The molecule has 62 valence electrons. The van der Waals surface area contributed by atoms with E-state index in [1.165, 1.54) is 0 Å². The molecule has 0 saturated carbocycles. The quantitative estimate of drug-likeness (QED) is 0.686. The molecule has 0 radical (unpaired) electrons. The molecular formula is C10H6N2S. The van der Waals surface area contributed by atoms with Crippen LogP contribution < -0.4 is 0 Å². The number of pyridine rings is 1. The van der Waals surface area contributed by atoms with E-state index in [0.29, 0.717) is 5.56 Å². The highest BCUT2D eigenvalue weighted by Crippen LogP contribution is 2.24. The lowest BCUT2D eigenvalue weighted by Gasteiger charge is -1.97. The van der Waals surface area contributed by atoms with Gasteiger partial charge in [-0.2, -0.15) is 5.26 Å². The third kappa shape index (κ3) is 1.44. The Kier molecular flexibility index (Phi) is 2.07. The van der Waals surface area contributed by atoms with Crippen LogP contribution in [0.15, 0.2) is 35.8 Å². The molecule has 0 atom stereocenters. The Hall–Kier alpha value is -1.66. The molecule has 0 aromatic carbocycles. The van der Waals surface area contributed by atoms with E-state index in [1.54, 1.807) is 29.7 Å². The van der Waals surface area contributed by atoms with Gasteiger partial charge >= 0.3 is 0 Å². The van der Waals surface area contributed by atoms with Gasteiger partial charge in [-0.1, -0.05) is 6.07 Å². The molecule has 3 heteroatoms. The van der Waals surface area contributed by atoms with Gasteiger partial charge in [0.05, 0.1) is 16.1 Å². The summed E-state index contributed by atoms with van der Waals surface area (Å²) in [5.74, 6) is 0. The number of nitriles is 1. The summed E-state index contributed by atoms with van der Waals surface area (Å²) in [6, 6.07) is 9.60. The van der Waals surface area contributed by atoms with Crippen molar-refractivity contribution in [2.45, 2.75) is 0 Å². The summed E-state index contributed by atoms with van der Waals surface area (Å²) in [4.78, 5) is 5.22. The Bertz CT molecular complexity index is 440. The van der Waals surface area contributed by atoms with Crippen molar-refractivity contribution >= 4 is 11.3 Å². The fraction of sp³-hybridized carbons (Fsp3) is 0. The maximum atomic E-state index is 8.83. The third-order valence-electron chi connectivity index (χ3n) is 1.68. The van der Waals surface area contributed by atoms with E-state index in [2.05, 4.69) is 11.1 Å². The summed E-state index contributed by atoms with van der Waals surface area (Å²) in [6.45, 7) is 0. The van der Waals surface area contributed by atoms with Crippen molar-refractivity contribution in [1.82, 2.24) is 4.98 Å². The molecule has 0 unspecified atom stereocenters. The van der Waals surface area contributed by atoms with Gasteiger partial charge in [0, 0.05) is 6.20 Å². The second-order valence-electron chi connectivity index (χ2n) is 2.49. The molecule has 0 N–H and O–H groups in total. The van der Waals surface area contributed by atoms with Crippen LogP contribution in [0.2, 0.25) is 0 Å². The first-order valence-electron chi connectivity index (χ1n) is 3.81. The molecule has 13 heavy (non-hydrogen) atoms. The Balaban J connectivity index is 2.59. The van der Waals surface area contributed by atoms with Gasteiger partial charge in [0.15, 0.2) is 0 Å². The minimum atomic E-state index is 0.630. The van der Waals surface area contributed by atoms with Crippen LogP contribution in [0.4, 0.5) is 0 Å². The summed E-state index contributed by atoms with van der Waals surface area (Å²) in [5.41, 5.74) is 1.41. The summed E-state index contributed by atoms with van der Waals surface area (Å²) < 4.78 is 0. The first-order valence-corrected chi connectivity index (χ1v) is 4.69. The van der Waals surface area contributed by atoms with Crippen molar-refractivity contribution < 1.29 is 0 Å². The Labute approximate surface area is 80.1 Å². The van der Waals surface area contributed by atoms with Crippen LogP contribution in [0.5, 0.6) is 0 Å². The van der Waals surface area contributed by atoms with Gasteiger partial charge in [-0.25, -0.2) is 0 Å². The zero-order valence-corrected chi connectivity index (χ0v) is 7.58. The summed E-state index contributed by atoms with van der Waals surface area (Å²) in [6.07, 6.45) is 1.70. The van der Waals surface area contributed by atoms with Crippen LogP contribution in [0, 0.1) is 11.3 Å². The van der Waals surface area contributed by atoms with Gasteiger partial charge < -0.3 is 0 Å². The zero-order chi connectivity index (χ0) is 9.10. The lowest BCUT2D eigenvalue weighted by atomic mass is 10.2. The fourth-order valence-corrected chi connectivity index (χ4v) is 1.84. The number of hydrogen-bond donors (Lipinski definition) is 0. The summed E-state index contributed by atoms with van der Waals surface area (Å²) >= 11 is 1.59. The van der Waals surface area contributed by atoms with Crippen molar-refractivity contribution in [3.63, 3.8) is 0 Å². The minimum Gasteiger partial charge on any atom is -0.254 e. The number of rotatable bonds is 1. The Morgan fingerprint density at radius 3 is 2.92 bits per heavy atom. The monoisotopic (exact) mass is 186 g/mol. The highest BCUT2D eigenvalue weighted by Gasteiger charge is 2.05. The molecular weight excluding hydrogens is 180 g/mol. The molecule has 2 nitrogen and oxygen atoms in total. The van der Waals surface area contributed by atoms with Gasteiger partial charge in [0.25, 0.3) is 0 Å². The average Bonchev–Trinajstić information content (AvgIpc) is 2.70. The van der Waals surface area contributed by atoms with Crippen molar-refractivity contribution in [2.75, 3.05) is 0 Å². The molecule has 0 spiro atoms. The molecule has 2 aromatic heterocycles. The highest BCUT2D eigenvalue weighted by atomic mass is 32.1. The van der Waals surface area contributed by atoms with Gasteiger partial charge in [0.1, 0.15) is 6.07 Å². The smallest absolute Gasteiger partial charge is 0.101 e. The highest BCUT2D eigenvalue weighted by molar-refractivity contribution is 7.13. The largest absolute Gasteiger partial charge is 0.254 e. The van der Waals surface area contributed by atoms with E-state index < -0.39 is 0 Å². The van der Waals surface area contributed by atoms with Gasteiger partial charge in [-0.05, 0) is 23.6 Å². The van der Waals surface area contributed by atoms with E-state index in [1.807, 2.05) is 17.5 Å². The lowest BCUT2D eigenvalue weighted by molar-refractivity contribution is 1.31. The van der Waals surface area contributed by atoms with Gasteiger partial charge in [0.2, 0.25) is 0 Å². The van der Waals surface area contributed by atoms with Gasteiger partial charge in [-0.3, -0.25) is 4.98 Å². The molecule has 0 bridgehead atoms. The average molecular weight is 186 g/mol. The van der Waals surface area contributed by atoms with Crippen molar-refractivity contribution in [3.05, 3.63) is 41.4 Å². The molecule has 0 fully saturated rings. The predicted octanol–water partition coefficient (Wildman–Crippen LogP) is 2.68. The second kappa shape index (κ2) is 3.38. The molecule has 0 saturated heterocycles. The van der Waals surface area contributed by atoms with Crippen LogP contribution in [0.1, 0.15) is 5.56 Å². The Morgan fingerprint density at radius 1 is 1.31 bits per heavy atom. The number of thiophene rings is 1. The zero-order valence-electron chi connectivity index (χ0n) is 6.77. The lowest BCUT2D eigenvalue weighted by Crippen LogP contribution is -1.84. The van der Waals surface area contributed by atoms with E-state index in [-0.39, 0.29) is 0 Å². The van der Waals surface area contributed by atoms with Crippen LogP contribution in [-0.2, 0) is 0 Å². The van der Waals surface area contributed by atoms with E-state index in [4.69, 9.17) is 5.26 Å². The number of aromatic nitrogens is 1. The topological polar surface area (TPSA) is 36.7 Å². The molecule has 0 aliphatic heterocycles. The van der Waals surface area contributed by atoms with Gasteiger partial charge in [-0.15, -0.1) is 11.3 Å². The fourth-order valence-electron chi connectivity index (χ4n) is 1.11. The van der Waals surface area contributed by atoms with Crippen molar-refractivity contribution in [1.29, 1.82) is 5.26 Å². The maximum Gasteiger partial charge on any atom is 0.101 e. The molecule has 2 aromatic rings.